The lowest BCUT2D eigenvalue weighted by Gasteiger charge is -2.23. The van der Waals surface area contributed by atoms with Crippen molar-refractivity contribution in [3.8, 4) is 0 Å². The fraction of sp³-hybridized carbons (Fsp3) is 0.250. The zero-order chi connectivity index (χ0) is 16.6. The number of thiophene rings is 1. The Morgan fingerprint density at radius 3 is 2.61 bits per heavy atom. The van der Waals surface area contributed by atoms with E-state index in [0.29, 0.717) is 0 Å². The molecule has 1 aliphatic heterocycles. The highest BCUT2D eigenvalue weighted by molar-refractivity contribution is 7.12. The summed E-state index contributed by atoms with van der Waals surface area (Å²) < 4.78 is 39.4. The van der Waals surface area contributed by atoms with E-state index in [-0.39, 0.29) is 24.0 Å². The number of nitrogens with two attached hydrogens (primary N) is 1. The Kier molecular flexibility index (Phi) is 4.08. The summed E-state index contributed by atoms with van der Waals surface area (Å²) in [5.74, 6) is 0.200. The Hall–Kier alpha value is -1.99. The van der Waals surface area contributed by atoms with Crippen LogP contribution in [0.25, 0.3) is 0 Å². The van der Waals surface area contributed by atoms with Crippen LogP contribution in [-0.2, 0) is 17.6 Å². The van der Waals surface area contributed by atoms with Crippen LogP contribution in [0, 0.1) is 6.92 Å². The van der Waals surface area contributed by atoms with Crippen molar-refractivity contribution < 1.29 is 18.0 Å². The van der Waals surface area contributed by atoms with E-state index in [4.69, 9.17) is 10.6 Å². The van der Waals surface area contributed by atoms with E-state index in [9.17, 15) is 13.2 Å². The Bertz CT molecular complexity index is 739. The summed E-state index contributed by atoms with van der Waals surface area (Å²) in [6, 6.07) is 9.11. The summed E-state index contributed by atoms with van der Waals surface area (Å²) in [6.45, 7) is 1.97. The molecule has 0 bridgehead atoms. The molecule has 0 amide bonds. The number of halogens is 3. The summed E-state index contributed by atoms with van der Waals surface area (Å²) in [5.41, 5.74) is 5.21. The predicted molar refractivity (Wildman–Crippen MR) is 82.1 cm³/mol. The lowest BCUT2D eigenvalue weighted by atomic mass is 10.1. The molecule has 2 heterocycles. The van der Waals surface area contributed by atoms with Gasteiger partial charge in [-0.3, -0.25) is 0 Å². The lowest BCUT2D eigenvalue weighted by molar-refractivity contribution is -0.144. The summed E-state index contributed by atoms with van der Waals surface area (Å²) in [6.07, 6.45) is -2.69. The van der Waals surface area contributed by atoms with Crippen LogP contribution in [0.4, 0.5) is 13.2 Å². The fourth-order valence-electron chi connectivity index (χ4n) is 2.53. The second-order valence-electron chi connectivity index (χ2n) is 5.28. The topological polar surface area (TPSA) is 38.5 Å². The Labute approximate surface area is 135 Å². The molecule has 0 aliphatic carbocycles. The molecule has 1 atom stereocenters. The summed E-state index contributed by atoms with van der Waals surface area (Å²) in [5, 5.41) is 1.48. The molecule has 7 heteroatoms. The van der Waals surface area contributed by atoms with E-state index >= 15 is 0 Å². The number of benzene rings is 1. The van der Waals surface area contributed by atoms with Crippen molar-refractivity contribution in [1.29, 1.82) is 0 Å². The minimum Gasteiger partial charge on any atom is -0.387 e. The number of nitrogens with zero attached hydrogens (tertiary/aromatic N) is 1. The van der Waals surface area contributed by atoms with E-state index < -0.39 is 11.7 Å². The molecular formula is C16H15F3N2OS. The van der Waals surface area contributed by atoms with E-state index in [1.54, 1.807) is 23.5 Å². The highest BCUT2D eigenvalue weighted by atomic mass is 32.1. The first-order chi connectivity index (χ1) is 10.8. The maximum absolute atomic E-state index is 13.1. The van der Waals surface area contributed by atoms with Crippen LogP contribution in [-0.4, -0.2) is 5.06 Å². The Morgan fingerprint density at radius 1 is 1.22 bits per heavy atom. The number of hydrogen-bond donors (Lipinski definition) is 1. The van der Waals surface area contributed by atoms with Crippen molar-refractivity contribution in [3.63, 3.8) is 0 Å². The molecule has 1 aromatic carbocycles. The quantitative estimate of drug-likeness (QED) is 0.902. The summed E-state index contributed by atoms with van der Waals surface area (Å²) >= 11 is 1.57. The van der Waals surface area contributed by atoms with Crippen molar-refractivity contribution in [2.45, 2.75) is 25.7 Å². The summed E-state index contributed by atoms with van der Waals surface area (Å²) in [4.78, 5) is 7.52. The maximum atomic E-state index is 13.1. The third-order valence-corrected chi connectivity index (χ3v) is 4.63. The molecule has 2 aromatic rings. The van der Waals surface area contributed by atoms with Crippen LogP contribution in [0.5, 0.6) is 0 Å². The van der Waals surface area contributed by atoms with Gasteiger partial charge >= 0.3 is 6.18 Å². The zero-order valence-electron chi connectivity index (χ0n) is 12.3. The number of hydrogen-bond acceptors (Lipinski definition) is 4. The van der Waals surface area contributed by atoms with Gasteiger partial charge < -0.3 is 10.6 Å². The van der Waals surface area contributed by atoms with Gasteiger partial charge in [0.15, 0.2) is 0 Å². The number of rotatable bonds is 3. The third kappa shape index (κ3) is 3.35. The molecule has 1 unspecified atom stereocenters. The van der Waals surface area contributed by atoms with Gasteiger partial charge in [-0.1, -0.05) is 18.2 Å². The van der Waals surface area contributed by atoms with Crippen LogP contribution in [0.1, 0.15) is 26.9 Å². The molecule has 0 spiro atoms. The SMILES string of the molecule is Cc1ccc(C2C=C(N)ON2Cc2ccccc2C(F)(F)F)s1. The standard InChI is InChI=1S/C16H15F3N2OS/c1-10-6-7-14(23-10)13-8-15(20)22-21(13)9-11-4-2-3-5-12(11)16(17,18)19/h2-8,13H,9,20H2,1H3. The number of hydroxylamine groups is 2. The minimum atomic E-state index is -4.40. The van der Waals surface area contributed by atoms with Crippen molar-refractivity contribution >= 4 is 11.3 Å². The van der Waals surface area contributed by atoms with Gasteiger partial charge in [-0.2, -0.15) is 13.2 Å². The summed E-state index contributed by atoms with van der Waals surface area (Å²) in [7, 11) is 0. The normalized spacial score (nSPS) is 18.8. The minimum absolute atomic E-state index is 0.00546. The zero-order valence-corrected chi connectivity index (χ0v) is 13.1. The van der Waals surface area contributed by atoms with Crippen LogP contribution >= 0.6 is 11.3 Å². The molecule has 2 N–H and O–H groups in total. The Balaban J connectivity index is 1.88. The van der Waals surface area contributed by atoms with Crippen molar-refractivity contribution in [1.82, 2.24) is 5.06 Å². The first-order valence-corrected chi connectivity index (χ1v) is 7.79. The molecule has 0 saturated carbocycles. The van der Waals surface area contributed by atoms with E-state index in [0.717, 1.165) is 15.8 Å². The monoisotopic (exact) mass is 340 g/mol. The smallest absolute Gasteiger partial charge is 0.387 e. The van der Waals surface area contributed by atoms with E-state index in [2.05, 4.69) is 0 Å². The first kappa shape index (κ1) is 15.9. The van der Waals surface area contributed by atoms with E-state index in [1.807, 2.05) is 19.1 Å². The second-order valence-corrected chi connectivity index (χ2v) is 6.60. The molecule has 3 rings (SSSR count). The molecule has 0 fully saturated rings. The average Bonchev–Trinajstić information content (AvgIpc) is 3.04. The molecule has 23 heavy (non-hydrogen) atoms. The average molecular weight is 340 g/mol. The van der Waals surface area contributed by atoms with Gasteiger partial charge in [-0.05, 0) is 30.7 Å². The van der Waals surface area contributed by atoms with Crippen molar-refractivity contribution in [2.75, 3.05) is 0 Å². The third-order valence-electron chi connectivity index (χ3n) is 3.56. The van der Waals surface area contributed by atoms with Crippen LogP contribution < -0.4 is 5.73 Å². The maximum Gasteiger partial charge on any atom is 0.416 e. The number of alkyl halides is 3. The largest absolute Gasteiger partial charge is 0.416 e. The van der Waals surface area contributed by atoms with Crippen molar-refractivity contribution in [2.24, 2.45) is 5.73 Å². The van der Waals surface area contributed by atoms with Gasteiger partial charge in [0.1, 0.15) is 6.04 Å². The highest BCUT2D eigenvalue weighted by Gasteiger charge is 2.35. The molecule has 0 radical (unpaired) electrons. The first-order valence-electron chi connectivity index (χ1n) is 6.98. The molecule has 122 valence electrons. The predicted octanol–water partition coefficient (Wildman–Crippen LogP) is 4.36. The fourth-order valence-corrected chi connectivity index (χ4v) is 3.48. The number of aryl methyl sites for hydroxylation is 1. The van der Waals surface area contributed by atoms with Gasteiger partial charge in [0.25, 0.3) is 0 Å². The molecular weight excluding hydrogens is 325 g/mol. The lowest BCUT2D eigenvalue weighted by Crippen LogP contribution is -2.24. The molecule has 0 saturated heterocycles. The van der Waals surface area contributed by atoms with E-state index in [1.165, 1.54) is 17.2 Å². The van der Waals surface area contributed by atoms with Gasteiger partial charge in [0.2, 0.25) is 5.88 Å². The van der Waals surface area contributed by atoms with Gasteiger partial charge in [-0.25, -0.2) is 0 Å². The molecule has 3 nitrogen and oxygen atoms in total. The Morgan fingerprint density at radius 2 is 1.96 bits per heavy atom. The molecule has 1 aliphatic rings. The molecule has 1 aromatic heterocycles. The van der Waals surface area contributed by atoms with Gasteiger partial charge in [0, 0.05) is 15.8 Å². The van der Waals surface area contributed by atoms with Gasteiger partial charge in [-0.15, -0.1) is 16.4 Å². The second kappa shape index (κ2) is 5.90. The van der Waals surface area contributed by atoms with Crippen LogP contribution in [0.2, 0.25) is 0 Å². The van der Waals surface area contributed by atoms with Crippen molar-refractivity contribution in [3.05, 3.63) is 69.2 Å². The van der Waals surface area contributed by atoms with Gasteiger partial charge in [0.05, 0.1) is 12.1 Å². The highest BCUT2D eigenvalue weighted by Crippen LogP contribution is 2.37. The van der Waals surface area contributed by atoms with Crippen LogP contribution in [0.15, 0.2) is 48.4 Å². The van der Waals surface area contributed by atoms with Crippen LogP contribution in [0.3, 0.4) is 0 Å².